The Hall–Kier alpha value is -3.67. The number of methoxy groups -OCH3 is 2. The summed E-state index contributed by atoms with van der Waals surface area (Å²) in [6, 6.07) is 19.1. The van der Waals surface area contributed by atoms with Gasteiger partial charge in [-0.2, -0.15) is 0 Å². The Balaban J connectivity index is 1.88. The molecule has 6 nitrogen and oxygen atoms in total. The van der Waals surface area contributed by atoms with E-state index in [9.17, 15) is 0 Å². The number of para-hydroxylation sites is 1. The molecule has 28 heavy (non-hydrogen) atoms. The van der Waals surface area contributed by atoms with Crippen LogP contribution in [0.4, 0.5) is 17.1 Å². The highest BCUT2D eigenvalue weighted by atomic mass is 16.5. The minimum atomic E-state index is 0.255. The van der Waals surface area contributed by atoms with Crippen LogP contribution in [-0.2, 0) is 0 Å². The highest BCUT2D eigenvalue weighted by Crippen LogP contribution is 2.36. The van der Waals surface area contributed by atoms with E-state index >= 15 is 0 Å². The van der Waals surface area contributed by atoms with Crippen LogP contribution in [0.2, 0.25) is 0 Å². The van der Waals surface area contributed by atoms with Crippen LogP contribution in [0, 0.1) is 6.92 Å². The van der Waals surface area contributed by atoms with Crippen molar-refractivity contribution in [3.8, 4) is 22.6 Å². The van der Waals surface area contributed by atoms with Crippen molar-refractivity contribution in [1.29, 1.82) is 0 Å². The number of aliphatic imine (C=N–C) groups is 1. The van der Waals surface area contributed by atoms with E-state index in [0.717, 1.165) is 33.9 Å². The number of anilines is 2. The zero-order valence-electron chi connectivity index (χ0n) is 16.2. The van der Waals surface area contributed by atoms with Crippen molar-refractivity contribution in [3.63, 3.8) is 0 Å². The van der Waals surface area contributed by atoms with Crippen LogP contribution in [0.15, 0.2) is 65.7 Å². The number of guanidine groups is 1. The lowest BCUT2D eigenvalue weighted by Crippen LogP contribution is -2.22. The van der Waals surface area contributed by atoms with Crippen molar-refractivity contribution in [2.45, 2.75) is 6.92 Å². The van der Waals surface area contributed by atoms with Gasteiger partial charge in [-0.05, 0) is 60.5 Å². The maximum atomic E-state index is 6.28. The molecule has 3 aromatic carbocycles. The van der Waals surface area contributed by atoms with Gasteiger partial charge in [-0.3, -0.25) is 0 Å². The van der Waals surface area contributed by atoms with E-state index in [-0.39, 0.29) is 5.96 Å². The maximum Gasteiger partial charge on any atom is 0.198 e. The fourth-order valence-corrected chi connectivity index (χ4v) is 2.97. The molecular formula is C22H24N4O2. The molecule has 0 amide bonds. The van der Waals surface area contributed by atoms with Crippen molar-refractivity contribution in [1.82, 2.24) is 0 Å². The summed E-state index contributed by atoms with van der Waals surface area (Å²) in [5.74, 6) is 1.82. The number of rotatable bonds is 5. The Morgan fingerprint density at radius 1 is 0.964 bits per heavy atom. The number of hydrogen-bond donors (Lipinski definition) is 3. The molecule has 0 unspecified atom stereocenters. The maximum absolute atomic E-state index is 6.28. The minimum absolute atomic E-state index is 0.255. The van der Waals surface area contributed by atoms with Gasteiger partial charge in [0.2, 0.25) is 0 Å². The van der Waals surface area contributed by atoms with Gasteiger partial charge >= 0.3 is 0 Å². The third kappa shape index (κ3) is 4.17. The Kier molecular flexibility index (Phi) is 5.69. The van der Waals surface area contributed by atoms with E-state index < -0.39 is 0 Å². The molecule has 3 aromatic rings. The molecule has 0 aliphatic rings. The first-order valence-corrected chi connectivity index (χ1v) is 8.80. The molecule has 0 atom stereocenters. The van der Waals surface area contributed by atoms with Crippen LogP contribution in [-0.4, -0.2) is 20.2 Å². The predicted molar refractivity (Wildman–Crippen MR) is 115 cm³/mol. The molecule has 0 aliphatic carbocycles. The van der Waals surface area contributed by atoms with Crippen molar-refractivity contribution >= 4 is 23.0 Å². The zero-order chi connectivity index (χ0) is 20.1. The smallest absolute Gasteiger partial charge is 0.198 e. The van der Waals surface area contributed by atoms with Crippen LogP contribution >= 0.6 is 0 Å². The lowest BCUT2D eigenvalue weighted by molar-refractivity contribution is 0.415. The van der Waals surface area contributed by atoms with E-state index in [4.69, 9.17) is 20.9 Å². The van der Waals surface area contributed by atoms with Crippen LogP contribution in [0.25, 0.3) is 11.1 Å². The molecule has 5 N–H and O–H groups in total. The van der Waals surface area contributed by atoms with Gasteiger partial charge in [-0.25, -0.2) is 4.99 Å². The monoisotopic (exact) mass is 376 g/mol. The number of hydrogen-bond acceptors (Lipinski definition) is 4. The third-order valence-electron chi connectivity index (χ3n) is 4.34. The standard InChI is InChI=1S/C22H24N4O2/c1-14-12-15(18-6-4-5-7-20(18)28-3)13-19(23)21(14)26-22(24)25-16-8-10-17(27-2)11-9-16/h4-13H,23H2,1-3H3,(H3,24,25,26). The highest BCUT2D eigenvalue weighted by Gasteiger charge is 2.11. The molecule has 6 heteroatoms. The summed E-state index contributed by atoms with van der Waals surface area (Å²) in [5, 5.41) is 3.06. The van der Waals surface area contributed by atoms with Crippen molar-refractivity contribution in [3.05, 3.63) is 66.2 Å². The minimum Gasteiger partial charge on any atom is -0.497 e. The van der Waals surface area contributed by atoms with Crippen molar-refractivity contribution in [2.24, 2.45) is 10.7 Å². The third-order valence-corrected chi connectivity index (χ3v) is 4.34. The second-order valence-corrected chi connectivity index (χ2v) is 6.28. The molecule has 0 spiro atoms. The van der Waals surface area contributed by atoms with E-state index in [1.165, 1.54) is 0 Å². The summed E-state index contributed by atoms with van der Waals surface area (Å²) in [6.45, 7) is 1.95. The summed E-state index contributed by atoms with van der Waals surface area (Å²) >= 11 is 0. The van der Waals surface area contributed by atoms with Crippen LogP contribution < -0.4 is 26.3 Å². The highest BCUT2D eigenvalue weighted by molar-refractivity contribution is 5.95. The van der Waals surface area contributed by atoms with Crippen molar-refractivity contribution < 1.29 is 9.47 Å². The van der Waals surface area contributed by atoms with E-state index in [2.05, 4.69) is 10.3 Å². The zero-order valence-corrected chi connectivity index (χ0v) is 16.2. The number of nitrogen functional groups attached to an aromatic ring is 1. The lowest BCUT2D eigenvalue weighted by Gasteiger charge is -2.13. The first-order valence-electron chi connectivity index (χ1n) is 8.80. The summed E-state index contributed by atoms with van der Waals surface area (Å²) in [6.07, 6.45) is 0. The van der Waals surface area contributed by atoms with Crippen LogP contribution in [0.1, 0.15) is 5.56 Å². The molecule has 0 heterocycles. The molecule has 0 aromatic heterocycles. The quantitative estimate of drug-likeness (QED) is 0.350. The first-order chi connectivity index (χ1) is 13.5. The van der Waals surface area contributed by atoms with Crippen LogP contribution in [0.3, 0.4) is 0 Å². The molecule has 3 rings (SSSR count). The number of benzene rings is 3. The Bertz CT molecular complexity index is 975. The first kappa shape index (κ1) is 19.1. The van der Waals surface area contributed by atoms with Gasteiger partial charge < -0.3 is 26.3 Å². The van der Waals surface area contributed by atoms with Gasteiger partial charge in [-0.1, -0.05) is 18.2 Å². The van der Waals surface area contributed by atoms with E-state index in [1.54, 1.807) is 14.2 Å². The predicted octanol–water partition coefficient (Wildman–Crippen LogP) is 4.32. The SMILES string of the molecule is COc1ccc(NC(N)=Nc2c(C)cc(-c3ccccc3OC)cc2N)cc1. The number of nitrogens with one attached hydrogen (secondary N) is 1. The Morgan fingerprint density at radius 2 is 1.68 bits per heavy atom. The van der Waals surface area contributed by atoms with E-state index in [1.807, 2.05) is 67.6 Å². The van der Waals surface area contributed by atoms with Gasteiger partial charge in [-0.15, -0.1) is 0 Å². The largest absolute Gasteiger partial charge is 0.497 e. The summed E-state index contributed by atoms with van der Waals surface area (Å²) in [7, 11) is 3.28. The molecule has 0 aliphatic heterocycles. The van der Waals surface area contributed by atoms with Gasteiger partial charge in [0, 0.05) is 11.3 Å². The normalized spacial score (nSPS) is 11.2. The van der Waals surface area contributed by atoms with Gasteiger partial charge in [0.25, 0.3) is 0 Å². The molecule has 0 radical (unpaired) electrons. The number of nitrogens with zero attached hydrogens (tertiary/aromatic N) is 1. The molecular weight excluding hydrogens is 352 g/mol. The summed E-state index contributed by atoms with van der Waals surface area (Å²) in [5.41, 5.74) is 17.2. The summed E-state index contributed by atoms with van der Waals surface area (Å²) in [4.78, 5) is 4.47. The van der Waals surface area contributed by atoms with Crippen molar-refractivity contribution in [2.75, 3.05) is 25.3 Å². The molecule has 0 fully saturated rings. The van der Waals surface area contributed by atoms with E-state index in [0.29, 0.717) is 11.4 Å². The average Bonchev–Trinajstić information content (AvgIpc) is 2.71. The molecule has 0 saturated heterocycles. The average molecular weight is 376 g/mol. The second kappa shape index (κ2) is 8.35. The van der Waals surface area contributed by atoms with Gasteiger partial charge in [0.15, 0.2) is 5.96 Å². The summed E-state index contributed by atoms with van der Waals surface area (Å²) < 4.78 is 10.6. The molecule has 0 bridgehead atoms. The number of ether oxygens (including phenoxy) is 2. The fraction of sp³-hybridized carbons (Fsp3) is 0.136. The topological polar surface area (TPSA) is 94.9 Å². The van der Waals surface area contributed by atoms with Gasteiger partial charge in [0.05, 0.1) is 25.6 Å². The Labute approximate surface area is 164 Å². The fourth-order valence-electron chi connectivity index (χ4n) is 2.97. The lowest BCUT2D eigenvalue weighted by atomic mass is 10.0. The second-order valence-electron chi connectivity index (χ2n) is 6.28. The number of nitrogens with two attached hydrogens (primary N) is 2. The number of aryl methyl sites for hydroxylation is 1. The van der Waals surface area contributed by atoms with Gasteiger partial charge in [0.1, 0.15) is 11.5 Å². The molecule has 144 valence electrons. The Morgan fingerprint density at radius 3 is 2.32 bits per heavy atom. The van der Waals surface area contributed by atoms with Crippen LogP contribution in [0.5, 0.6) is 11.5 Å². The molecule has 0 saturated carbocycles.